The Morgan fingerprint density at radius 1 is 1.13 bits per heavy atom. The standard InChI is InChI=1S/C17H13FN2O2S/c1-23(21,22)16-6-7-17-13(9-16)8-15(10-19)20(17)11-12-2-4-14(18)5-3-12/h2-9H,11H2,1H3. The zero-order valence-electron chi connectivity index (χ0n) is 12.3. The van der Waals surface area contributed by atoms with Gasteiger partial charge in [0.05, 0.1) is 4.90 Å². The Hall–Kier alpha value is -2.65. The number of hydrogen-bond donors (Lipinski definition) is 0. The van der Waals surface area contributed by atoms with Crippen molar-refractivity contribution in [2.24, 2.45) is 0 Å². The molecule has 0 aliphatic heterocycles. The van der Waals surface area contributed by atoms with Gasteiger partial charge in [0.15, 0.2) is 9.84 Å². The van der Waals surface area contributed by atoms with E-state index in [1.807, 2.05) is 0 Å². The highest BCUT2D eigenvalue weighted by molar-refractivity contribution is 7.90. The van der Waals surface area contributed by atoms with Gasteiger partial charge in [0.2, 0.25) is 0 Å². The molecule has 6 heteroatoms. The van der Waals surface area contributed by atoms with Gasteiger partial charge in [0.1, 0.15) is 17.6 Å². The predicted molar refractivity (Wildman–Crippen MR) is 85.3 cm³/mol. The van der Waals surface area contributed by atoms with Crippen LogP contribution in [0.4, 0.5) is 4.39 Å². The van der Waals surface area contributed by atoms with E-state index in [0.29, 0.717) is 17.6 Å². The van der Waals surface area contributed by atoms with Gasteiger partial charge in [0, 0.05) is 23.7 Å². The number of rotatable bonds is 3. The zero-order chi connectivity index (χ0) is 16.6. The maximum Gasteiger partial charge on any atom is 0.175 e. The minimum atomic E-state index is -3.30. The molecule has 3 aromatic rings. The molecule has 0 atom stereocenters. The molecule has 2 aromatic carbocycles. The molecule has 0 N–H and O–H groups in total. The molecule has 0 amide bonds. The van der Waals surface area contributed by atoms with Gasteiger partial charge in [0.25, 0.3) is 0 Å². The third kappa shape index (κ3) is 2.96. The number of nitrogens with zero attached hydrogens (tertiary/aromatic N) is 2. The molecule has 0 saturated heterocycles. The molecule has 0 saturated carbocycles. The van der Waals surface area contributed by atoms with Gasteiger partial charge >= 0.3 is 0 Å². The highest BCUT2D eigenvalue weighted by Gasteiger charge is 2.13. The first kappa shape index (κ1) is 15.3. The summed E-state index contributed by atoms with van der Waals surface area (Å²) in [6.07, 6.45) is 1.15. The lowest BCUT2D eigenvalue weighted by atomic mass is 10.2. The van der Waals surface area contributed by atoms with E-state index in [9.17, 15) is 18.1 Å². The summed E-state index contributed by atoms with van der Waals surface area (Å²) < 4.78 is 38.1. The monoisotopic (exact) mass is 328 g/mol. The van der Waals surface area contributed by atoms with Gasteiger partial charge < -0.3 is 4.57 Å². The summed E-state index contributed by atoms with van der Waals surface area (Å²) in [5.74, 6) is -0.315. The number of aromatic nitrogens is 1. The summed E-state index contributed by atoms with van der Waals surface area (Å²) in [5.41, 5.74) is 2.04. The first-order valence-corrected chi connectivity index (χ1v) is 8.75. The summed E-state index contributed by atoms with van der Waals surface area (Å²) in [5, 5.41) is 10.0. The summed E-state index contributed by atoms with van der Waals surface area (Å²) in [4.78, 5) is 0.216. The summed E-state index contributed by atoms with van der Waals surface area (Å²) in [6, 6.07) is 14.6. The van der Waals surface area contributed by atoms with E-state index in [1.165, 1.54) is 18.2 Å². The largest absolute Gasteiger partial charge is 0.328 e. The van der Waals surface area contributed by atoms with Crippen molar-refractivity contribution in [1.29, 1.82) is 5.26 Å². The van der Waals surface area contributed by atoms with Gasteiger partial charge in [-0.3, -0.25) is 0 Å². The van der Waals surface area contributed by atoms with Gasteiger partial charge in [-0.05, 0) is 42.0 Å². The topological polar surface area (TPSA) is 62.9 Å². The third-order valence-corrected chi connectivity index (χ3v) is 4.78. The molecule has 3 rings (SSSR count). The second kappa shape index (κ2) is 5.52. The second-order valence-electron chi connectivity index (χ2n) is 5.35. The molecule has 0 radical (unpaired) electrons. The number of fused-ring (bicyclic) bond motifs is 1. The highest BCUT2D eigenvalue weighted by Crippen LogP contribution is 2.24. The Morgan fingerprint density at radius 3 is 2.43 bits per heavy atom. The Kier molecular flexibility index (Phi) is 3.66. The smallest absolute Gasteiger partial charge is 0.175 e. The van der Waals surface area contributed by atoms with Crippen LogP contribution in [0.2, 0.25) is 0 Å². The van der Waals surface area contributed by atoms with Gasteiger partial charge in [-0.2, -0.15) is 5.26 Å². The van der Waals surface area contributed by atoms with Crippen LogP contribution >= 0.6 is 0 Å². The van der Waals surface area contributed by atoms with E-state index in [-0.39, 0.29) is 10.7 Å². The van der Waals surface area contributed by atoms with Crippen LogP contribution in [0.15, 0.2) is 53.4 Å². The average molecular weight is 328 g/mol. The lowest BCUT2D eigenvalue weighted by molar-refractivity contribution is 0.602. The predicted octanol–water partition coefficient (Wildman–Crippen LogP) is 3.10. The summed E-state index contributed by atoms with van der Waals surface area (Å²) in [6.45, 7) is 0.408. The third-order valence-electron chi connectivity index (χ3n) is 3.67. The van der Waals surface area contributed by atoms with Gasteiger partial charge in [-0.15, -0.1) is 0 Å². The Labute approximate surface area is 133 Å². The Balaban J connectivity index is 2.12. The molecule has 4 nitrogen and oxygen atoms in total. The van der Waals surface area contributed by atoms with E-state index < -0.39 is 9.84 Å². The molecule has 23 heavy (non-hydrogen) atoms. The van der Waals surface area contributed by atoms with Crippen LogP contribution in [0.1, 0.15) is 11.3 Å². The van der Waals surface area contributed by atoms with Crippen molar-refractivity contribution in [1.82, 2.24) is 4.57 Å². The van der Waals surface area contributed by atoms with Crippen LogP contribution in [0, 0.1) is 17.1 Å². The fourth-order valence-corrected chi connectivity index (χ4v) is 3.17. The molecular formula is C17H13FN2O2S. The molecular weight excluding hydrogens is 315 g/mol. The van der Waals surface area contributed by atoms with E-state index in [4.69, 9.17) is 0 Å². The normalized spacial score (nSPS) is 11.5. The Bertz CT molecular complexity index is 1030. The van der Waals surface area contributed by atoms with Crippen LogP contribution in [0.3, 0.4) is 0 Å². The maximum absolute atomic E-state index is 13.0. The van der Waals surface area contributed by atoms with Crippen LogP contribution in [0.5, 0.6) is 0 Å². The second-order valence-corrected chi connectivity index (χ2v) is 7.36. The van der Waals surface area contributed by atoms with Crippen LogP contribution in [0.25, 0.3) is 10.9 Å². The van der Waals surface area contributed by atoms with Crippen LogP contribution in [-0.4, -0.2) is 19.2 Å². The van der Waals surface area contributed by atoms with Crippen molar-refractivity contribution in [3.63, 3.8) is 0 Å². The maximum atomic E-state index is 13.0. The average Bonchev–Trinajstić information content (AvgIpc) is 2.86. The Morgan fingerprint density at radius 2 is 1.83 bits per heavy atom. The first-order chi connectivity index (χ1) is 10.9. The van der Waals surface area contributed by atoms with E-state index in [2.05, 4.69) is 6.07 Å². The fourth-order valence-electron chi connectivity index (χ4n) is 2.52. The first-order valence-electron chi connectivity index (χ1n) is 6.86. The molecule has 1 heterocycles. The fraction of sp³-hybridized carbons (Fsp3) is 0.118. The minimum Gasteiger partial charge on any atom is -0.328 e. The number of hydrogen-bond acceptors (Lipinski definition) is 3. The summed E-state index contributed by atoms with van der Waals surface area (Å²) in [7, 11) is -3.30. The lowest BCUT2D eigenvalue weighted by Crippen LogP contribution is -2.02. The van der Waals surface area contributed by atoms with E-state index >= 15 is 0 Å². The number of benzene rings is 2. The van der Waals surface area contributed by atoms with Crippen molar-refractivity contribution in [3.8, 4) is 6.07 Å². The van der Waals surface area contributed by atoms with Crippen molar-refractivity contribution in [2.45, 2.75) is 11.4 Å². The molecule has 1 aromatic heterocycles. The molecule has 0 aliphatic rings. The number of sulfone groups is 1. The van der Waals surface area contributed by atoms with Crippen molar-refractivity contribution >= 4 is 20.7 Å². The van der Waals surface area contributed by atoms with Gasteiger partial charge in [-0.25, -0.2) is 12.8 Å². The van der Waals surface area contributed by atoms with Gasteiger partial charge in [-0.1, -0.05) is 12.1 Å². The molecule has 0 unspecified atom stereocenters. The van der Waals surface area contributed by atoms with Crippen molar-refractivity contribution in [3.05, 3.63) is 65.6 Å². The summed E-state index contributed by atoms with van der Waals surface area (Å²) >= 11 is 0. The molecule has 116 valence electrons. The van der Waals surface area contributed by atoms with E-state index in [1.54, 1.807) is 34.9 Å². The zero-order valence-corrected chi connectivity index (χ0v) is 13.1. The number of halogens is 1. The molecule has 0 aliphatic carbocycles. The lowest BCUT2D eigenvalue weighted by Gasteiger charge is -2.08. The van der Waals surface area contributed by atoms with Crippen molar-refractivity contribution in [2.75, 3.05) is 6.26 Å². The molecule has 0 bridgehead atoms. The van der Waals surface area contributed by atoms with E-state index in [0.717, 1.165) is 17.3 Å². The molecule has 0 fully saturated rings. The van der Waals surface area contributed by atoms with Crippen LogP contribution in [-0.2, 0) is 16.4 Å². The quantitative estimate of drug-likeness (QED) is 0.742. The SMILES string of the molecule is CS(=O)(=O)c1ccc2c(c1)cc(C#N)n2Cc1ccc(F)cc1. The molecule has 0 spiro atoms. The minimum absolute atomic E-state index is 0.216. The number of nitriles is 1. The van der Waals surface area contributed by atoms with Crippen LogP contribution < -0.4 is 0 Å². The van der Waals surface area contributed by atoms with Crippen molar-refractivity contribution < 1.29 is 12.8 Å². The highest BCUT2D eigenvalue weighted by atomic mass is 32.2.